The average molecular weight is 288 g/mol. The highest BCUT2D eigenvalue weighted by molar-refractivity contribution is 5.81. The molecule has 2 aromatic carbocycles. The fourth-order valence-electron chi connectivity index (χ4n) is 2.20. The number of rotatable bonds is 0. The van der Waals surface area contributed by atoms with E-state index in [0.717, 1.165) is 21.7 Å². The standard InChI is InChI=1S/2C9H8N2/c1-7-2-3-8-5-10-6-11-9(8)4-7;1-7-2-3-8-5-10-11-6-9(8)4-7/h2*2-6H,1H3. The van der Waals surface area contributed by atoms with E-state index in [4.69, 9.17) is 0 Å². The van der Waals surface area contributed by atoms with Crippen LogP contribution < -0.4 is 0 Å². The highest BCUT2D eigenvalue weighted by Crippen LogP contribution is 2.12. The van der Waals surface area contributed by atoms with Gasteiger partial charge in [0, 0.05) is 22.4 Å². The van der Waals surface area contributed by atoms with Crippen molar-refractivity contribution in [2.24, 2.45) is 0 Å². The Kier molecular flexibility index (Phi) is 4.01. The molecule has 0 amide bonds. The van der Waals surface area contributed by atoms with E-state index >= 15 is 0 Å². The number of hydrogen-bond donors (Lipinski definition) is 0. The van der Waals surface area contributed by atoms with Crippen molar-refractivity contribution in [1.82, 2.24) is 20.2 Å². The first kappa shape index (κ1) is 14.1. The zero-order valence-electron chi connectivity index (χ0n) is 12.6. The predicted octanol–water partition coefficient (Wildman–Crippen LogP) is 3.88. The summed E-state index contributed by atoms with van der Waals surface area (Å²) in [7, 11) is 0. The summed E-state index contributed by atoms with van der Waals surface area (Å²) in [5, 5.41) is 11.0. The molecule has 2 heterocycles. The van der Waals surface area contributed by atoms with Gasteiger partial charge < -0.3 is 0 Å². The molecular formula is C18H16N4. The highest BCUT2D eigenvalue weighted by Gasteiger charge is 1.92. The van der Waals surface area contributed by atoms with E-state index in [9.17, 15) is 0 Å². The molecule has 4 rings (SSSR count). The summed E-state index contributed by atoms with van der Waals surface area (Å²) in [5.74, 6) is 0. The summed E-state index contributed by atoms with van der Waals surface area (Å²) in [6, 6.07) is 12.4. The van der Waals surface area contributed by atoms with Gasteiger partial charge in [0.2, 0.25) is 0 Å². The van der Waals surface area contributed by atoms with Crippen LogP contribution in [0.25, 0.3) is 21.7 Å². The molecule has 0 bridgehead atoms. The van der Waals surface area contributed by atoms with Gasteiger partial charge in [-0.25, -0.2) is 9.97 Å². The van der Waals surface area contributed by atoms with Crippen LogP contribution in [0.15, 0.2) is 61.3 Å². The zero-order chi connectivity index (χ0) is 15.4. The number of aryl methyl sites for hydroxylation is 2. The van der Waals surface area contributed by atoms with E-state index in [0.29, 0.717) is 0 Å². The van der Waals surface area contributed by atoms with E-state index in [2.05, 4.69) is 64.3 Å². The van der Waals surface area contributed by atoms with Gasteiger partial charge in [-0.15, -0.1) is 0 Å². The lowest BCUT2D eigenvalue weighted by molar-refractivity contribution is 1.05. The SMILES string of the molecule is Cc1ccc2cncnc2c1.Cc1ccc2cnncc2c1. The monoisotopic (exact) mass is 288 g/mol. The molecule has 22 heavy (non-hydrogen) atoms. The molecule has 4 nitrogen and oxygen atoms in total. The zero-order valence-corrected chi connectivity index (χ0v) is 12.6. The number of hydrogen-bond acceptors (Lipinski definition) is 4. The molecule has 0 N–H and O–H groups in total. The van der Waals surface area contributed by atoms with Gasteiger partial charge in [0.1, 0.15) is 6.33 Å². The third-order valence-electron chi connectivity index (χ3n) is 3.37. The minimum atomic E-state index is 1.01. The fraction of sp³-hybridized carbons (Fsp3) is 0.111. The minimum absolute atomic E-state index is 1.01. The molecule has 0 aliphatic heterocycles. The molecule has 0 aliphatic rings. The smallest absolute Gasteiger partial charge is 0.116 e. The normalized spacial score (nSPS) is 10.3. The number of aromatic nitrogens is 4. The second kappa shape index (κ2) is 6.26. The van der Waals surface area contributed by atoms with Gasteiger partial charge in [-0.3, -0.25) is 0 Å². The molecule has 0 saturated carbocycles. The summed E-state index contributed by atoms with van der Waals surface area (Å²) < 4.78 is 0. The number of benzene rings is 2. The van der Waals surface area contributed by atoms with E-state index in [1.54, 1.807) is 18.7 Å². The first-order valence-electron chi connectivity index (χ1n) is 7.06. The summed E-state index contributed by atoms with van der Waals surface area (Å²) >= 11 is 0. The Morgan fingerprint density at radius 1 is 0.682 bits per heavy atom. The molecule has 2 aromatic heterocycles. The Bertz CT molecular complexity index is 841. The lowest BCUT2D eigenvalue weighted by Crippen LogP contribution is -1.80. The molecule has 0 aliphatic carbocycles. The van der Waals surface area contributed by atoms with Crippen LogP contribution in [0.1, 0.15) is 11.1 Å². The van der Waals surface area contributed by atoms with Crippen molar-refractivity contribution in [3.05, 3.63) is 72.4 Å². The van der Waals surface area contributed by atoms with Gasteiger partial charge in [0.25, 0.3) is 0 Å². The van der Waals surface area contributed by atoms with Crippen molar-refractivity contribution >= 4 is 21.7 Å². The molecular weight excluding hydrogens is 272 g/mol. The maximum absolute atomic E-state index is 4.13. The second-order valence-electron chi connectivity index (χ2n) is 5.21. The number of nitrogens with zero attached hydrogens (tertiary/aromatic N) is 4. The number of fused-ring (bicyclic) bond motifs is 2. The van der Waals surface area contributed by atoms with Crippen LogP contribution in [0, 0.1) is 13.8 Å². The van der Waals surface area contributed by atoms with Gasteiger partial charge in [0.05, 0.1) is 17.9 Å². The van der Waals surface area contributed by atoms with E-state index in [-0.39, 0.29) is 0 Å². The first-order chi connectivity index (χ1) is 10.7. The maximum atomic E-state index is 4.13. The molecule has 0 radical (unpaired) electrons. The summed E-state index contributed by atoms with van der Waals surface area (Å²) in [6.45, 7) is 4.13. The Morgan fingerprint density at radius 2 is 1.36 bits per heavy atom. The Morgan fingerprint density at radius 3 is 2.18 bits per heavy atom. The van der Waals surface area contributed by atoms with Crippen LogP contribution in [0.3, 0.4) is 0 Å². The van der Waals surface area contributed by atoms with Crippen molar-refractivity contribution in [3.63, 3.8) is 0 Å². The van der Waals surface area contributed by atoms with Crippen LogP contribution in [-0.2, 0) is 0 Å². The highest BCUT2D eigenvalue weighted by atomic mass is 15.1. The van der Waals surface area contributed by atoms with Crippen molar-refractivity contribution in [1.29, 1.82) is 0 Å². The lowest BCUT2D eigenvalue weighted by Gasteiger charge is -1.95. The Labute approximate surface area is 128 Å². The van der Waals surface area contributed by atoms with Crippen molar-refractivity contribution < 1.29 is 0 Å². The summed E-state index contributed by atoms with van der Waals surface area (Å²) in [6.07, 6.45) is 6.95. The maximum Gasteiger partial charge on any atom is 0.116 e. The average Bonchev–Trinajstić information content (AvgIpc) is 2.55. The van der Waals surface area contributed by atoms with Gasteiger partial charge in [-0.05, 0) is 31.5 Å². The third kappa shape index (κ3) is 3.23. The fourth-order valence-corrected chi connectivity index (χ4v) is 2.20. The molecule has 4 aromatic rings. The minimum Gasteiger partial charge on any atom is -0.244 e. The lowest BCUT2D eigenvalue weighted by atomic mass is 10.1. The van der Waals surface area contributed by atoms with Crippen LogP contribution in [-0.4, -0.2) is 20.2 Å². The van der Waals surface area contributed by atoms with Gasteiger partial charge in [0.15, 0.2) is 0 Å². The second-order valence-corrected chi connectivity index (χ2v) is 5.21. The largest absolute Gasteiger partial charge is 0.244 e. The van der Waals surface area contributed by atoms with Crippen molar-refractivity contribution in [3.8, 4) is 0 Å². The van der Waals surface area contributed by atoms with E-state index < -0.39 is 0 Å². The van der Waals surface area contributed by atoms with Gasteiger partial charge in [-0.2, -0.15) is 10.2 Å². The van der Waals surface area contributed by atoms with E-state index in [1.807, 2.05) is 12.3 Å². The van der Waals surface area contributed by atoms with E-state index in [1.165, 1.54) is 11.1 Å². The van der Waals surface area contributed by atoms with Crippen LogP contribution in [0.5, 0.6) is 0 Å². The van der Waals surface area contributed by atoms with Crippen molar-refractivity contribution in [2.75, 3.05) is 0 Å². The van der Waals surface area contributed by atoms with Crippen molar-refractivity contribution in [2.45, 2.75) is 13.8 Å². The molecule has 0 saturated heterocycles. The predicted molar refractivity (Wildman–Crippen MR) is 88.6 cm³/mol. The topological polar surface area (TPSA) is 51.6 Å². The van der Waals surface area contributed by atoms with Crippen LogP contribution >= 0.6 is 0 Å². The van der Waals surface area contributed by atoms with Crippen LogP contribution in [0.4, 0.5) is 0 Å². The Hall–Kier alpha value is -2.88. The summed E-state index contributed by atoms with van der Waals surface area (Å²) in [4.78, 5) is 8.06. The quantitative estimate of drug-likeness (QED) is 0.493. The molecule has 0 atom stereocenters. The molecule has 108 valence electrons. The molecule has 4 heteroatoms. The third-order valence-corrected chi connectivity index (χ3v) is 3.37. The van der Waals surface area contributed by atoms with Gasteiger partial charge in [-0.1, -0.05) is 29.8 Å². The molecule has 0 unspecified atom stereocenters. The Balaban J connectivity index is 0.000000131. The van der Waals surface area contributed by atoms with Gasteiger partial charge >= 0.3 is 0 Å². The first-order valence-corrected chi connectivity index (χ1v) is 7.06. The molecule has 0 fully saturated rings. The van der Waals surface area contributed by atoms with Crippen LogP contribution in [0.2, 0.25) is 0 Å². The summed E-state index contributed by atoms with van der Waals surface area (Å²) in [5.41, 5.74) is 3.50. The molecule has 0 spiro atoms.